The second-order valence-electron chi connectivity index (χ2n) is 4.77. The third kappa shape index (κ3) is 3.81. The molecular weight excluding hydrogens is 274 g/mol. The normalized spacial score (nSPS) is 11.9. The number of hydrogen-bond donors (Lipinski definition) is 2. The lowest BCUT2D eigenvalue weighted by atomic mass is 10.1. The SMILES string of the molecule is COc1cc(NC(C)Cc2ccc(O)cc2)ccc1Cl. The number of anilines is 1. The van der Waals surface area contributed by atoms with Crippen LogP contribution in [-0.2, 0) is 6.42 Å². The minimum atomic E-state index is 0.255. The third-order valence-electron chi connectivity index (χ3n) is 3.04. The van der Waals surface area contributed by atoms with Crippen LogP contribution in [0.5, 0.6) is 11.5 Å². The van der Waals surface area contributed by atoms with Gasteiger partial charge in [-0.05, 0) is 43.2 Å². The number of phenols is 1. The van der Waals surface area contributed by atoms with Gasteiger partial charge in [-0.3, -0.25) is 0 Å². The predicted molar refractivity (Wildman–Crippen MR) is 82.9 cm³/mol. The lowest BCUT2D eigenvalue weighted by Gasteiger charge is -2.16. The van der Waals surface area contributed by atoms with Crippen LogP contribution in [0.3, 0.4) is 0 Å². The molecule has 0 amide bonds. The van der Waals surface area contributed by atoms with Crippen LogP contribution in [0.4, 0.5) is 5.69 Å². The summed E-state index contributed by atoms with van der Waals surface area (Å²) in [7, 11) is 1.60. The molecule has 2 N–H and O–H groups in total. The minimum Gasteiger partial charge on any atom is -0.508 e. The van der Waals surface area contributed by atoms with Gasteiger partial charge in [-0.1, -0.05) is 23.7 Å². The first-order chi connectivity index (χ1) is 9.58. The van der Waals surface area contributed by atoms with E-state index in [2.05, 4.69) is 12.2 Å². The highest BCUT2D eigenvalue weighted by Crippen LogP contribution is 2.27. The predicted octanol–water partition coefficient (Wildman–Crippen LogP) is 4.10. The van der Waals surface area contributed by atoms with Crippen molar-refractivity contribution in [2.24, 2.45) is 0 Å². The number of rotatable bonds is 5. The first-order valence-corrected chi connectivity index (χ1v) is 6.84. The Morgan fingerprint density at radius 2 is 1.90 bits per heavy atom. The van der Waals surface area contributed by atoms with Crippen molar-refractivity contribution in [1.82, 2.24) is 0 Å². The van der Waals surface area contributed by atoms with E-state index in [1.165, 1.54) is 5.56 Å². The molecule has 0 aliphatic carbocycles. The lowest BCUT2D eigenvalue weighted by molar-refractivity contribution is 0.415. The molecule has 0 fully saturated rings. The fourth-order valence-electron chi connectivity index (χ4n) is 2.07. The zero-order chi connectivity index (χ0) is 14.5. The summed E-state index contributed by atoms with van der Waals surface area (Å²) in [5, 5.41) is 13.3. The largest absolute Gasteiger partial charge is 0.508 e. The topological polar surface area (TPSA) is 41.5 Å². The Labute approximate surface area is 124 Å². The molecule has 0 spiro atoms. The van der Waals surface area contributed by atoms with E-state index in [9.17, 15) is 5.11 Å². The molecule has 2 aromatic carbocycles. The van der Waals surface area contributed by atoms with Gasteiger partial charge in [0.1, 0.15) is 11.5 Å². The Kier molecular flexibility index (Phi) is 4.74. The fourth-order valence-corrected chi connectivity index (χ4v) is 2.27. The average Bonchev–Trinajstić information content (AvgIpc) is 2.43. The van der Waals surface area contributed by atoms with Crippen LogP contribution < -0.4 is 10.1 Å². The summed E-state index contributed by atoms with van der Waals surface area (Å²) in [6.07, 6.45) is 0.866. The molecule has 0 bridgehead atoms. The second-order valence-corrected chi connectivity index (χ2v) is 5.17. The highest BCUT2D eigenvalue weighted by molar-refractivity contribution is 6.32. The number of hydrogen-bond acceptors (Lipinski definition) is 3. The molecule has 3 nitrogen and oxygen atoms in total. The number of nitrogens with one attached hydrogen (secondary N) is 1. The number of halogens is 1. The van der Waals surface area contributed by atoms with Gasteiger partial charge in [0.25, 0.3) is 0 Å². The molecule has 106 valence electrons. The van der Waals surface area contributed by atoms with Crippen LogP contribution in [0.1, 0.15) is 12.5 Å². The van der Waals surface area contributed by atoms with Gasteiger partial charge >= 0.3 is 0 Å². The molecular formula is C16H18ClNO2. The monoisotopic (exact) mass is 291 g/mol. The van der Waals surface area contributed by atoms with Crippen LogP contribution >= 0.6 is 11.6 Å². The number of aromatic hydroxyl groups is 1. The van der Waals surface area contributed by atoms with Crippen molar-refractivity contribution in [1.29, 1.82) is 0 Å². The molecule has 0 saturated carbocycles. The smallest absolute Gasteiger partial charge is 0.139 e. The van der Waals surface area contributed by atoms with Gasteiger partial charge in [0.2, 0.25) is 0 Å². The molecule has 0 aromatic heterocycles. The van der Waals surface area contributed by atoms with Crippen molar-refractivity contribution in [3.8, 4) is 11.5 Å². The maximum Gasteiger partial charge on any atom is 0.139 e. The fraction of sp³-hybridized carbons (Fsp3) is 0.250. The number of phenolic OH excluding ortho intramolecular Hbond substituents is 1. The van der Waals surface area contributed by atoms with E-state index in [1.807, 2.05) is 30.3 Å². The van der Waals surface area contributed by atoms with Crippen molar-refractivity contribution < 1.29 is 9.84 Å². The Morgan fingerprint density at radius 1 is 1.20 bits per heavy atom. The Hall–Kier alpha value is -1.87. The van der Waals surface area contributed by atoms with Gasteiger partial charge in [-0.2, -0.15) is 0 Å². The lowest BCUT2D eigenvalue weighted by Crippen LogP contribution is -2.18. The molecule has 1 atom stereocenters. The van der Waals surface area contributed by atoms with Crippen molar-refractivity contribution in [2.45, 2.75) is 19.4 Å². The van der Waals surface area contributed by atoms with Gasteiger partial charge < -0.3 is 15.2 Å². The Balaban J connectivity index is 2.00. The maximum absolute atomic E-state index is 9.27. The van der Waals surface area contributed by atoms with Gasteiger partial charge in [-0.25, -0.2) is 0 Å². The Bertz CT molecular complexity index is 569. The number of benzene rings is 2. The molecule has 1 unspecified atom stereocenters. The van der Waals surface area contributed by atoms with Crippen LogP contribution in [0, 0.1) is 0 Å². The number of ether oxygens (including phenoxy) is 1. The zero-order valence-electron chi connectivity index (χ0n) is 11.6. The van der Waals surface area contributed by atoms with Crippen LogP contribution in [0.2, 0.25) is 5.02 Å². The van der Waals surface area contributed by atoms with E-state index in [-0.39, 0.29) is 11.8 Å². The summed E-state index contributed by atoms with van der Waals surface area (Å²) in [5.74, 6) is 0.949. The summed E-state index contributed by atoms with van der Waals surface area (Å²) in [5.41, 5.74) is 2.14. The van der Waals surface area contributed by atoms with Gasteiger partial charge in [0, 0.05) is 17.8 Å². The van der Waals surface area contributed by atoms with Gasteiger partial charge in [-0.15, -0.1) is 0 Å². The van der Waals surface area contributed by atoms with E-state index in [0.29, 0.717) is 10.8 Å². The van der Waals surface area contributed by atoms with Crippen molar-refractivity contribution in [2.75, 3.05) is 12.4 Å². The summed E-state index contributed by atoms with van der Waals surface area (Å²) in [6, 6.07) is 13.1. The van der Waals surface area contributed by atoms with Crippen molar-refractivity contribution >= 4 is 17.3 Å². The summed E-state index contributed by atoms with van der Waals surface area (Å²) in [6.45, 7) is 2.11. The molecule has 2 rings (SSSR count). The van der Waals surface area contributed by atoms with Gasteiger partial charge in [0.15, 0.2) is 0 Å². The minimum absolute atomic E-state index is 0.255. The zero-order valence-corrected chi connectivity index (χ0v) is 12.3. The van der Waals surface area contributed by atoms with E-state index in [1.54, 1.807) is 19.2 Å². The molecule has 0 aliphatic heterocycles. The van der Waals surface area contributed by atoms with E-state index < -0.39 is 0 Å². The third-order valence-corrected chi connectivity index (χ3v) is 3.35. The first kappa shape index (κ1) is 14.5. The van der Waals surface area contributed by atoms with Crippen LogP contribution in [0.15, 0.2) is 42.5 Å². The van der Waals surface area contributed by atoms with E-state index >= 15 is 0 Å². The van der Waals surface area contributed by atoms with E-state index in [4.69, 9.17) is 16.3 Å². The quantitative estimate of drug-likeness (QED) is 0.871. The molecule has 0 saturated heterocycles. The van der Waals surface area contributed by atoms with E-state index in [0.717, 1.165) is 12.1 Å². The second kappa shape index (κ2) is 6.53. The van der Waals surface area contributed by atoms with Crippen molar-refractivity contribution in [3.63, 3.8) is 0 Å². The first-order valence-electron chi connectivity index (χ1n) is 6.46. The van der Waals surface area contributed by atoms with Crippen LogP contribution in [-0.4, -0.2) is 18.3 Å². The highest BCUT2D eigenvalue weighted by atomic mass is 35.5. The van der Waals surface area contributed by atoms with Crippen molar-refractivity contribution in [3.05, 3.63) is 53.1 Å². The molecule has 0 radical (unpaired) electrons. The molecule has 2 aromatic rings. The molecule has 20 heavy (non-hydrogen) atoms. The standard InChI is InChI=1S/C16H18ClNO2/c1-11(9-12-3-6-14(19)7-4-12)18-13-5-8-15(17)16(10-13)20-2/h3-8,10-11,18-19H,9H2,1-2H3. The van der Waals surface area contributed by atoms with Crippen LogP contribution in [0.25, 0.3) is 0 Å². The number of methoxy groups -OCH3 is 1. The molecule has 0 heterocycles. The molecule has 4 heteroatoms. The van der Waals surface area contributed by atoms with Gasteiger partial charge in [0.05, 0.1) is 12.1 Å². The Morgan fingerprint density at radius 3 is 2.55 bits per heavy atom. The maximum atomic E-state index is 9.27. The molecule has 0 aliphatic rings. The highest BCUT2D eigenvalue weighted by Gasteiger charge is 2.06. The summed E-state index contributed by atoms with van der Waals surface area (Å²) >= 11 is 6.00. The summed E-state index contributed by atoms with van der Waals surface area (Å²) < 4.78 is 5.20. The average molecular weight is 292 g/mol. The summed E-state index contributed by atoms with van der Waals surface area (Å²) in [4.78, 5) is 0.